The highest BCUT2D eigenvalue weighted by molar-refractivity contribution is 5.87. The van der Waals surface area contributed by atoms with Crippen LogP contribution in [-0.4, -0.2) is 26.3 Å². The molecule has 0 N–H and O–H groups in total. The Labute approximate surface area is 154 Å². The summed E-state index contributed by atoms with van der Waals surface area (Å²) in [5.41, 5.74) is 1.85. The molecule has 0 fully saturated rings. The van der Waals surface area contributed by atoms with Crippen LogP contribution in [0.2, 0.25) is 0 Å². The number of rotatable bonds is 9. The van der Waals surface area contributed by atoms with Crippen LogP contribution in [0.25, 0.3) is 6.08 Å². The molecule has 0 unspecified atom stereocenters. The Morgan fingerprint density at radius 1 is 0.962 bits per heavy atom. The zero-order chi connectivity index (χ0) is 18.8. The number of hydrogen-bond donors (Lipinski definition) is 0. The lowest BCUT2D eigenvalue weighted by Crippen LogP contribution is -1.99. The highest BCUT2D eigenvalue weighted by Crippen LogP contribution is 2.29. The Morgan fingerprint density at radius 2 is 1.73 bits per heavy atom. The van der Waals surface area contributed by atoms with Crippen LogP contribution < -0.4 is 14.2 Å². The minimum absolute atomic E-state index is 0.352. The molecule has 0 aliphatic rings. The van der Waals surface area contributed by atoms with E-state index in [0.717, 1.165) is 16.9 Å². The van der Waals surface area contributed by atoms with Gasteiger partial charge in [-0.05, 0) is 55.3 Å². The third kappa shape index (κ3) is 5.84. The molecule has 0 spiro atoms. The second-order valence-corrected chi connectivity index (χ2v) is 5.36. The fourth-order valence-electron chi connectivity index (χ4n) is 2.27. The van der Waals surface area contributed by atoms with E-state index in [0.29, 0.717) is 31.3 Å². The quantitative estimate of drug-likeness (QED) is 0.497. The first kappa shape index (κ1) is 19.4. The molecule has 0 amide bonds. The van der Waals surface area contributed by atoms with E-state index < -0.39 is 0 Å². The molecule has 2 rings (SSSR count). The van der Waals surface area contributed by atoms with E-state index in [2.05, 4.69) is 0 Å². The SMILES string of the molecule is CCOC(=O)C=Cc1ccc(OCc2ccc(OCC)cc2)c(OC)c1. The van der Waals surface area contributed by atoms with Crippen LogP contribution in [0.5, 0.6) is 17.2 Å². The van der Waals surface area contributed by atoms with Crippen LogP contribution in [0.4, 0.5) is 0 Å². The van der Waals surface area contributed by atoms with Gasteiger partial charge in [0.15, 0.2) is 11.5 Å². The number of carbonyl (C=O) groups is 1. The van der Waals surface area contributed by atoms with Crippen molar-refractivity contribution in [2.75, 3.05) is 20.3 Å². The fraction of sp³-hybridized carbons (Fsp3) is 0.286. The van der Waals surface area contributed by atoms with Gasteiger partial charge in [-0.15, -0.1) is 0 Å². The third-order valence-electron chi connectivity index (χ3n) is 3.51. The van der Waals surface area contributed by atoms with Crippen LogP contribution in [-0.2, 0) is 16.1 Å². The lowest BCUT2D eigenvalue weighted by Gasteiger charge is -2.12. The minimum atomic E-state index is -0.373. The molecular weight excluding hydrogens is 332 g/mol. The van der Waals surface area contributed by atoms with E-state index in [1.165, 1.54) is 6.08 Å². The molecule has 0 saturated carbocycles. The minimum Gasteiger partial charge on any atom is -0.494 e. The first-order valence-corrected chi connectivity index (χ1v) is 8.53. The number of esters is 1. The summed E-state index contributed by atoms with van der Waals surface area (Å²) in [6.45, 7) is 5.13. The lowest BCUT2D eigenvalue weighted by atomic mass is 10.2. The Balaban J connectivity index is 2.01. The standard InChI is InChI=1S/C21H24O5/c1-4-24-18-10-6-17(7-11-18)15-26-19-12-8-16(14-20(19)23-3)9-13-21(22)25-5-2/h6-14H,4-5,15H2,1-3H3. The summed E-state index contributed by atoms with van der Waals surface area (Å²) in [6.07, 6.45) is 3.06. The van der Waals surface area contributed by atoms with Gasteiger partial charge in [0.2, 0.25) is 0 Å². The summed E-state index contributed by atoms with van der Waals surface area (Å²) in [5, 5.41) is 0. The molecule has 0 aliphatic carbocycles. The van der Waals surface area contributed by atoms with Crippen LogP contribution in [0, 0.1) is 0 Å². The summed E-state index contributed by atoms with van der Waals surface area (Å²) in [6, 6.07) is 13.3. The van der Waals surface area contributed by atoms with Crippen LogP contribution in [0.15, 0.2) is 48.5 Å². The van der Waals surface area contributed by atoms with Gasteiger partial charge in [-0.25, -0.2) is 4.79 Å². The van der Waals surface area contributed by atoms with Crippen LogP contribution in [0.1, 0.15) is 25.0 Å². The molecule has 0 heterocycles. The van der Waals surface area contributed by atoms with Gasteiger partial charge in [0, 0.05) is 6.08 Å². The van der Waals surface area contributed by atoms with E-state index in [1.807, 2.05) is 49.4 Å². The normalized spacial score (nSPS) is 10.6. The molecule has 0 aliphatic heterocycles. The Morgan fingerprint density at radius 3 is 2.38 bits per heavy atom. The largest absolute Gasteiger partial charge is 0.494 e. The average Bonchev–Trinajstić information content (AvgIpc) is 2.66. The van der Waals surface area contributed by atoms with Crippen LogP contribution in [0.3, 0.4) is 0 Å². The van der Waals surface area contributed by atoms with Gasteiger partial charge >= 0.3 is 5.97 Å². The van der Waals surface area contributed by atoms with Crippen molar-refractivity contribution >= 4 is 12.0 Å². The molecule has 2 aromatic rings. The van der Waals surface area contributed by atoms with Gasteiger partial charge in [-0.3, -0.25) is 0 Å². The first-order chi connectivity index (χ1) is 12.7. The summed E-state index contributed by atoms with van der Waals surface area (Å²) >= 11 is 0. The molecule has 5 heteroatoms. The molecular formula is C21H24O5. The van der Waals surface area contributed by atoms with Crippen molar-refractivity contribution in [3.8, 4) is 17.2 Å². The Hall–Kier alpha value is -2.95. The van der Waals surface area contributed by atoms with Gasteiger partial charge in [-0.1, -0.05) is 18.2 Å². The topological polar surface area (TPSA) is 54.0 Å². The number of hydrogen-bond acceptors (Lipinski definition) is 5. The molecule has 0 atom stereocenters. The number of carbonyl (C=O) groups excluding carboxylic acids is 1. The number of ether oxygens (including phenoxy) is 4. The summed E-state index contributed by atoms with van der Waals surface area (Å²) in [5.74, 6) is 1.70. The Bertz CT molecular complexity index is 735. The molecule has 26 heavy (non-hydrogen) atoms. The molecule has 0 aromatic heterocycles. The number of benzene rings is 2. The van der Waals surface area contributed by atoms with Crippen molar-refractivity contribution in [1.29, 1.82) is 0 Å². The van der Waals surface area contributed by atoms with Crippen molar-refractivity contribution in [2.45, 2.75) is 20.5 Å². The maximum absolute atomic E-state index is 11.4. The maximum Gasteiger partial charge on any atom is 0.330 e. The van der Waals surface area contributed by atoms with Crippen molar-refractivity contribution < 1.29 is 23.7 Å². The smallest absolute Gasteiger partial charge is 0.330 e. The zero-order valence-electron chi connectivity index (χ0n) is 15.4. The van der Waals surface area contributed by atoms with Gasteiger partial charge in [0.1, 0.15) is 12.4 Å². The molecule has 0 saturated heterocycles. The second-order valence-electron chi connectivity index (χ2n) is 5.36. The highest BCUT2D eigenvalue weighted by Gasteiger charge is 2.06. The van der Waals surface area contributed by atoms with E-state index >= 15 is 0 Å². The average molecular weight is 356 g/mol. The van der Waals surface area contributed by atoms with E-state index in [-0.39, 0.29) is 5.97 Å². The van der Waals surface area contributed by atoms with Crippen molar-refractivity contribution in [3.05, 3.63) is 59.7 Å². The lowest BCUT2D eigenvalue weighted by molar-refractivity contribution is -0.137. The summed E-state index contributed by atoms with van der Waals surface area (Å²) in [4.78, 5) is 11.4. The van der Waals surface area contributed by atoms with Crippen molar-refractivity contribution in [2.24, 2.45) is 0 Å². The fourth-order valence-corrected chi connectivity index (χ4v) is 2.27. The van der Waals surface area contributed by atoms with Gasteiger partial charge in [0.05, 0.1) is 20.3 Å². The summed E-state index contributed by atoms with van der Waals surface area (Å²) < 4.78 is 21.5. The first-order valence-electron chi connectivity index (χ1n) is 8.53. The van der Waals surface area contributed by atoms with Crippen molar-refractivity contribution in [3.63, 3.8) is 0 Å². The Kier molecular flexibility index (Phi) is 7.55. The molecule has 138 valence electrons. The van der Waals surface area contributed by atoms with Gasteiger partial charge < -0.3 is 18.9 Å². The third-order valence-corrected chi connectivity index (χ3v) is 3.51. The molecule has 0 bridgehead atoms. The monoisotopic (exact) mass is 356 g/mol. The molecule has 0 radical (unpaired) electrons. The van der Waals surface area contributed by atoms with E-state index in [9.17, 15) is 4.79 Å². The predicted octanol–water partition coefficient (Wildman–Crippen LogP) is 4.25. The van der Waals surface area contributed by atoms with Crippen LogP contribution >= 0.6 is 0 Å². The maximum atomic E-state index is 11.4. The highest BCUT2D eigenvalue weighted by atomic mass is 16.5. The summed E-state index contributed by atoms with van der Waals surface area (Å²) in [7, 11) is 1.58. The van der Waals surface area contributed by atoms with E-state index in [4.69, 9.17) is 18.9 Å². The van der Waals surface area contributed by atoms with Gasteiger partial charge in [-0.2, -0.15) is 0 Å². The zero-order valence-corrected chi connectivity index (χ0v) is 15.4. The predicted molar refractivity (Wildman–Crippen MR) is 101 cm³/mol. The van der Waals surface area contributed by atoms with E-state index in [1.54, 1.807) is 20.1 Å². The molecule has 2 aromatic carbocycles. The van der Waals surface area contributed by atoms with Crippen molar-refractivity contribution in [1.82, 2.24) is 0 Å². The molecule has 5 nitrogen and oxygen atoms in total. The van der Waals surface area contributed by atoms with Gasteiger partial charge in [0.25, 0.3) is 0 Å². The number of methoxy groups -OCH3 is 1. The second kappa shape index (κ2) is 10.1.